The molecule has 9 heteroatoms. The van der Waals surface area contributed by atoms with E-state index in [1.165, 1.54) is 0 Å². The molecule has 9 nitrogen and oxygen atoms in total. The molecule has 1 aliphatic heterocycles. The molecule has 4 aromatic rings. The molecule has 0 saturated carbocycles. The van der Waals surface area contributed by atoms with Crippen molar-refractivity contribution in [1.29, 1.82) is 0 Å². The van der Waals surface area contributed by atoms with Crippen molar-refractivity contribution in [3.63, 3.8) is 0 Å². The number of ether oxygens (including phenoxy) is 1. The Bertz CT molecular complexity index is 1710. The van der Waals surface area contributed by atoms with Crippen LogP contribution in [0.3, 0.4) is 0 Å². The van der Waals surface area contributed by atoms with Gasteiger partial charge < -0.3 is 14.6 Å². The van der Waals surface area contributed by atoms with Crippen LogP contribution in [0.5, 0.6) is 5.75 Å². The number of anilines is 1. The molecule has 1 aliphatic rings. The van der Waals surface area contributed by atoms with Gasteiger partial charge in [-0.2, -0.15) is 5.10 Å². The van der Waals surface area contributed by atoms with Crippen LogP contribution in [0.25, 0.3) is 27.3 Å². The van der Waals surface area contributed by atoms with Crippen LogP contribution in [0, 0.1) is 19.4 Å². The number of hydrogen-bond acceptors (Lipinski definition) is 5. The summed E-state index contributed by atoms with van der Waals surface area (Å²) in [6.07, 6.45) is 3.59. The van der Waals surface area contributed by atoms with Gasteiger partial charge in [0, 0.05) is 25.2 Å². The summed E-state index contributed by atoms with van der Waals surface area (Å²) in [5.74, 6) is 1.30. The van der Waals surface area contributed by atoms with E-state index in [4.69, 9.17) is 16.3 Å². The number of aryl methyl sites for hydroxylation is 3. The Kier molecular flexibility index (Phi) is 7.93. The third kappa shape index (κ3) is 5.22. The summed E-state index contributed by atoms with van der Waals surface area (Å²) < 4.78 is 7.55. The molecular weight excluding hydrogens is 516 g/mol. The first kappa shape index (κ1) is 28.1. The predicted octanol–water partition coefficient (Wildman–Crippen LogP) is 5.91. The first-order chi connectivity index (χ1) is 19.8. The molecule has 1 fully saturated rings. The molecule has 1 amide bonds. The smallest absolute Gasteiger partial charge is 0.277 e. The van der Waals surface area contributed by atoms with Crippen molar-refractivity contribution in [2.75, 3.05) is 11.5 Å². The van der Waals surface area contributed by atoms with Crippen molar-refractivity contribution in [3.05, 3.63) is 75.0 Å². The summed E-state index contributed by atoms with van der Waals surface area (Å²) in [6.45, 7) is 15.8. The fraction of sp³-hybridized carbons (Fsp3) is 0.406. The highest BCUT2D eigenvalue weighted by atomic mass is 16.5. The predicted molar refractivity (Wildman–Crippen MR) is 161 cm³/mol. The fourth-order valence-electron chi connectivity index (χ4n) is 6.08. The lowest BCUT2D eigenvalue weighted by Crippen LogP contribution is -2.35. The van der Waals surface area contributed by atoms with Gasteiger partial charge in [-0.3, -0.25) is 14.3 Å². The van der Waals surface area contributed by atoms with Gasteiger partial charge in [-0.15, -0.1) is 0 Å². The number of fused-ring (bicyclic) bond motifs is 1. The van der Waals surface area contributed by atoms with Gasteiger partial charge >= 0.3 is 0 Å². The average molecular weight is 553 g/mol. The van der Waals surface area contributed by atoms with Gasteiger partial charge in [0.2, 0.25) is 5.91 Å². The van der Waals surface area contributed by atoms with E-state index in [2.05, 4.69) is 28.8 Å². The SMILES string of the molecule is [C-]#[N+]c1ccc(N2C(=O)CC(Cc3ccc(OCC)c(-c4nc5c(CCC)nn(C)c5c(=O)[nH]4)c3)C2CC)cc1C. The average Bonchev–Trinajstić information content (AvgIpc) is 3.44. The molecule has 3 heterocycles. The van der Waals surface area contributed by atoms with E-state index in [9.17, 15) is 9.59 Å². The maximum Gasteiger partial charge on any atom is 0.277 e. The fourth-order valence-corrected chi connectivity index (χ4v) is 6.08. The van der Waals surface area contributed by atoms with E-state index in [0.29, 0.717) is 53.3 Å². The Labute approximate surface area is 240 Å². The number of nitrogens with one attached hydrogen (secondary N) is 1. The van der Waals surface area contributed by atoms with Crippen LogP contribution < -0.4 is 15.2 Å². The van der Waals surface area contributed by atoms with Crippen LogP contribution >= 0.6 is 0 Å². The summed E-state index contributed by atoms with van der Waals surface area (Å²) in [6, 6.07) is 11.6. The molecule has 0 bridgehead atoms. The van der Waals surface area contributed by atoms with Gasteiger partial charge in [0.25, 0.3) is 5.56 Å². The number of nitrogens with zero attached hydrogens (tertiary/aromatic N) is 5. The molecule has 0 aliphatic carbocycles. The molecule has 212 valence electrons. The normalized spacial score (nSPS) is 16.9. The third-order valence-corrected chi connectivity index (χ3v) is 7.92. The van der Waals surface area contributed by atoms with Crippen LogP contribution in [-0.2, 0) is 24.7 Å². The Morgan fingerprint density at radius 3 is 2.63 bits per heavy atom. The highest BCUT2D eigenvalue weighted by molar-refractivity contribution is 5.97. The second kappa shape index (κ2) is 11.6. The second-order valence-electron chi connectivity index (χ2n) is 10.7. The van der Waals surface area contributed by atoms with Gasteiger partial charge in [-0.1, -0.05) is 32.4 Å². The van der Waals surface area contributed by atoms with E-state index >= 15 is 0 Å². The topological polar surface area (TPSA) is 97.5 Å². The van der Waals surface area contributed by atoms with E-state index < -0.39 is 0 Å². The molecule has 0 radical (unpaired) electrons. The molecule has 2 unspecified atom stereocenters. The molecule has 2 aromatic carbocycles. The molecule has 0 spiro atoms. The molecular formula is C32H36N6O3. The lowest BCUT2D eigenvalue weighted by Gasteiger charge is -2.28. The van der Waals surface area contributed by atoms with Crippen molar-refractivity contribution in [2.24, 2.45) is 13.0 Å². The molecule has 2 aromatic heterocycles. The van der Waals surface area contributed by atoms with E-state index in [1.54, 1.807) is 17.8 Å². The highest BCUT2D eigenvalue weighted by Crippen LogP contribution is 2.38. The van der Waals surface area contributed by atoms with Crippen molar-refractivity contribution >= 4 is 28.3 Å². The van der Waals surface area contributed by atoms with Crippen molar-refractivity contribution in [1.82, 2.24) is 19.7 Å². The molecule has 1 N–H and O–H groups in total. The molecule has 2 atom stereocenters. The lowest BCUT2D eigenvalue weighted by atomic mass is 9.90. The van der Waals surface area contributed by atoms with Crippen molar-refractivity contribution in [3.8, 4) is 17.1 Å². The van der Waals surface area contributed by atoms with Crippen molar-refractivity contribution < 1.29 is 9.53 Å². The summed E-state index contributed by atoms with van der Waals surface area (Å²) in [7, 11) is 1.76. The number of rotatable bonds is 9. The number of carbonyl (C=O) groups excluding carboxylic acids is 1. The Morgan fingerprint density at radius 2 is 1.95 bits per heavy atom. The number of aromatic amines is 1. The maximum absolute atomic E-state index is 13.3. The Hall–Kier alpha value is -4.45. The van der Waals surface area contributed by atoms with Crippen LogP contribution in [0.15, 0.2) is 41.2 Å². The van der Waals surface area contributed by atoms with Gasteiger partial charge in [-0.25, -0.2) is 9.83 Å². The van der Waals surface area contributed by atoms with Crippen molar-refractivity contribution in [2.45, 2.75) is 65.8 Å². The summed E-state index contributed by atoms with van der Waals surface area (Å²) in [4.78, 5) is 39.7. The van der Waals surface area contributed by atoms with Gasteiger partial charge in [0.05, 0.1) is 24.4 Å². The minimum absolute atomic E-state index is 0.0389. The molecule has 5 rings (SSSR count). The lowest BCUT2D eigenvalue weighted by molar-refractivity contribution is -0.117. The first-order valence-corrected chi connectivity index (χ1v) is 14.3. The van der Waals surface area contributed by atoms with Crippen LogP contribution in [0.4, 0.5) is 11.4 Å². The number of hydrogen-bond donors (Lipinski definition) is 1. The number of aromatic nitrogens is 4. The minimum atomic E-state index is -0.238. The van der Waals surface area contributed by atoms with E-state index in [1.807, 2.05) is 49.1 Å². The molecule has 41 heavy (non-hydrogen) atoms. The van der Waals surface area contributed by atoms with Crippen LogP contribution in [-0.4, -0.2) is 38.3 Å². The zero-order valence-electron chi connectivity index (χ0n) is 24.3. The summed E-state index contributed by atoms with van der Waals surface area (Å²) >= 11 is 0. The highest BCUT2D eigenvalue weighted by Gasteiger charge is 2.39. The Morgan fingerprint density at radius 1 is 1.15 bits per heavy atom. The number of H-pyrrole nitrogens is 1. The van der Waals surface area contributed by atoms with Gasteiger partial charge in [0.15, 0.2) is 11.2 Å². The third-order valence-electron chi connectivity index (χ3n) is 7.92. The monoisotopic (exact) mass is 552 g/mol. The molecule has 1 saturated heterocycles. The number of carbonyl (C=O) groups is 1. The summed E-state index contributed by atoms with van der Waals surface area (Å²) in [5, 5.41) is 4.54. The number of benzene rings is 2. The largest absolute Gasteiger partial charge is 0.493 e. The number of amides is 1. The van der Waals surface area contributed by atoms with Gasteiger partial charge in [-0.05, 0) is 74.4 Å². The zero-order valence-corrected chi connectivity index (χ0v) is 24.3. The quantitative estimate of drug-likeness (QED) is 0.261. The second-order valence-corrected chi connectivity index (χ2v) is 10.7. The Balaban J connectivity index is 1.51. The van der Waals surface area contributed by atoms with Gasteiger partial charge in [0.1, 0.15) is 17.1 Å². The van der Waals surface area contributed by atoms with Crippen LogP contribution in [0.2, 0.25) is 0 Å². The summed E-state index contributed by atoms with van der Waals surface area (Å²) in [5.41, 5.74) is 5.72. The first-order valence-electron chi connectivity index (χ1n) is 14.3. The zero-order chi connectivity index (χ0) is 29.3. The minimum Gasteiger partial charge on any atom is -0.493 e. The van der Waals surface area contributed by atoms with E-state index in [0.717, 1.165) is 41.8 Å². The standard InChI is InChI=1S/C32H36N6O3/c1-7-10-25-29-30(37(6)36-25)32(40)35-31(34-29)23-17-20(11-14-27(23)41-9-3)16-21-18-28(39)38(26(21)8-2)22-12-13-24(33-5)19(4)15-22/h11-15,17,21,26H,7-10,16,18H2,1-4,6H3,(H,34,35,40). The van der Waals surface area contributed by atoms with E-state index in [-0.39, 0.29) is 23.4 Å². The maximum atomic E-state index is 13.3. The van der Waals surface area contributed by atoms with Crippen LogP contribution in [0.1, 0.15) is 56.9 Å².